The van der Waals surface area contributed by atoms with E-state index in [-0.39, 0.29) is 0 Å². The van der Waals surface area contributed by atoms with Crippen molar-refractivity contribution in [2.24, 2.45) is 0 Å². The number of nitrogens with zero attached hydrogens (tertiary/aromatic N) is 5. The van der Waals surface area contributed by atoms with Crippen molar-refractivity contribution in [3.8, 4) is 10.7 Å². The first-order chi connectivity index (χ1) is 13.5. The number of thiophene rings is 2. The predicted molar refractivity (Wildman–Crippen MR) is 115 cm³/mol. The average molecular weight is 456 g/mol. The van der Waals surface area contributed by atoms with E-state index in [4.69, 9.17) is 17.3 Å². The van der Waals surface area contributed by atoms with Gasteiger partial charge in [0.05, 0.1) is 11.5 Å². The van der Waals surface area contributed by atoms with Gasteiger partial charge in [-0.05, 0) is 42.0 Å². The molecule has 150 valence electrons. The standard InChI is InChI=1S/C17H21N5O2S4/c1-2-21-16(14-5-3-11-26-14)18-22(17(21)25)13-19-7-9-20(10-8-19)28(23,24)15-6-4-12-27-15/h3-6,11-12H,2,7-10,13H2,1H3. The number of rotatable bonds is 6. The summed E-state index contributed by atoms with van der Waals surface area (Å²) >= 11 is 8.54. The minimum Gasteiger partial charge on any atom is -0.300 e. The van der Waals surface area contributed by atoms with Gasteiger partial charge in [0.15, 0.2) is 10.6 Å². The van der Waals surface area contributed by atoms with Gasteiger partial charge in [0.1, 0.15) is 4.21 Å². The van der Waals surface area contributed by atoms with E-state index in [2.05, 4.69) is 11.8 Å². The number of sulfonamides is 1. The molecule has 4 rings (SSSR count). The summed E-state index contributed by atoms with van der Waals surface area (Å²) in [5, 5.41) is 8.56. The second-order valence-electron chi connectivity index (χ2n) is 6.42. The zero-order valence-electron chi connectivity index (χ0n) is 15.4. The Morgan fingerprint density at radius 1 is 1.11 bits per heavy atom. The van der Waals surface area contributed by atoms with Crippen molar-refractivity contribution >= 4 is 44.9 Å². The average Bonchev–Trinajstić information content (AvgIpc) is 3.45. The minimum absolute atomic E-state index is 0.408. The van der Waals surface area contributed by atoms with Crippen LogP contribution in [-0.2, 0) is 23.2 Å². The molecule has 1 aliphatic rings. The van der Waals surface area contributed by atoms with Gasteiger partial charge in [-0.2, -0.15) is 4.31 Å². The van der Waals surface area contributed by atoms with E-state index in [9.17, 15) is 8.42 Å². The van der Waals surface area contributed by atoms with Gasteiger partial charge < -0.3 is 0 Å². The van der Waals surface area contributed by atoms with Crippen molar-refractivity contribution in [1.29, 1.82) is 0 Å². The van der Waals surface area contributed by atoms with Crippen LogP contribution < -0.4 is 0 Å². The Hall–Kier alpha value is -1.37. The highest BCUT2D eigenvalue weighted by Gasteiger charge is 2.29. The van der Waals surface area contributed by atoms with Crippen LogP contribution in [0.15, 0.2) is 39.2 Å². The van der Waals surface area contributed by atoms with Crippen LogP contribution in [0.4, 0.5) is 0 Å². The fraction of sp³-hybridized carbons (Fsp3) is 0.412. The molecule has 1 saturated heterocycles. The lowest BCUT2D eigenvalue weighted by atomic mass is 10.4. The molecule has 0 aromatic carbocycles. The maximum Gasteiger partial charge on any atom is 0.252 e. The summed E-state index contributed by atoms with van der Waals surface area (Å²) in [6.07, 6.45) is 0. The van der Waals surface area contributed by atoms with Crippen molar-refractivity contribution in [3.63, 3.8) is 0 Å². The van der Waals surface area contributed by atoms with Crippen molar-refractivity contribution in [2.75, 3.05) is 26.2 Å². The maximum absolute atomic E-state index is 12.7. The quantitative estimate of drug-likeness (QED) is 0.534. The van der Waals surface area contributed by atoms with E-state index in [1.165, 1.54) is 11.3 Å². The Labute approximate surface area is 177 Å². The third kappa shape index (κ3) is 3.74. The van der Waals surface area contributed by atoms with Crippen molar-refractivity contribution in [3.05, 3.63) is 39.8 Å². The Kier molecular flexibility index (Phi) is 5.81. The van der Waals surface area contributed by atoms with Gasteiger partial charge in [-0.1, -0.05) is 12.1 Å². The summed E-state index contributed by atoms with van der Waals surface area (Å²) in [6.45, 7) is 5.64. The van der Waals surface area contributed by atoms with Gasteiger partial charge in [-0.25, -0.2) is 13.1 Å². The second kappa shape index (κ2) is 8.17. The van der Waals surface area contributed by atoms with Crippen LogP contribution >= 0.6 is 34.9 Å². The van der Waals surface area contributed by atoms with E-state index in [1.54, 1.807) is 33.2 Å². The number of piperazine rings is 1. The first-order valence-corrected chi connectivity index (χ1v) is 12.6. The molecule has 0 aliphatic carbocycles. The normalized spacial score (nSPS) is 16.6. The topological polar surface area (TPSA) is 63.4 Å². The van der Waals surface area contributed by atoms with E-state index in [0.29, 0.717) is 41.8 Å². The van der Waals surface area contributed by atoms with Gasteiger partial charge >= 0.3 is 0 Å². The largest absolute Gasteiger partial charge is 0.300 e. The highest BCUT2D eigenvalue weighted by molar-refractivity contribution is 7.91. The summed E-state index contributed by atoms with van der Waals surface area (Å²) in [4.78, 5) is 3.29. The maximum atomic E-state index is 12.7. The molecule has 0 atom stereocenters. The molecule has 1 aliphatic heterocycles. The molecule has 11 heteroatoms. The summed E-state index contributed by atoms with van der Waals surface area (Å²) in [6, 6.07) is 7.49. The van der Waals surface area contributed by atoms with E-state index >= 15 is 0 Å². The molecule has 0 spiro atoms. The fourth-order valence-electron chi connectivity index (χ4n) is 3.24. The Morgan fingerprint density at radius 2 is 1.82 bits per heavy atom. The Morgan fingerprint density at radius 3 is 2.43 bits per heavy atom. The molecule has 0 unspecified atom stereocenters. The van der Waals surface area contributed by atoms with E-state index in [0.717, 1.165) is 17.2 Å². The van der Waals surface area contributed by atoms with Crippen LogP contribution in [0.25, 0.3) is 10.7 Å². The third-order valence-corrected chi connectivity index (χ3v) is 9.30. The van der Waals surface area contributed by atoms with E-state index in [1.807, 2.05) is 26.8 Å². The first-order valence-electron chi connectivity index (χ1n) is 8.98. The first kappa shape index (κ1) is 19.9. The minimum atomic E-state index is -3.38. The molecule has 0 radical (unpaired) electrons. The molecular formula is C17H21N5O2S4. The lowest BCUT2D eigenvalue weighted by Crippen LogP contribution is -2.48. The Balaban J connectivity index is 1.46. The zero-order valence-corrected chi connectivity index (χ0v) is 18.7. The second-order valence-corrected chi connectivity index (χ2v) is 10.8. The lowest BCUT2D eigenvalue weighted by molar-refractivity contribution is 0.144. The highest BCUT2D eigenvalue weighted by Crippen LogP contribution is 2.24. The molecule has 0 saturated carbocycles. The summed E-state index contributed by atoms with van der Waals surface area (Å²) in [5.41, 5.74) is 0. The van der Waals surface area contributed by atoms with Gasteiger partial charge in [0, 0.05) is 32.7 Å². The molecular weight excluding hydrogens is 434 g/mol. The zero-order chi connectivity index (χ0) is 19.7. The molecule has 0 amide bonds. The summed E-state index contributed by atoms with van der Waals surface area (Å²) in [5.74, 6) is 0.890. The molecule has 3 aromatic rings. The summed E-state index contributed by atoms with van der Waals surface area (Å²) in [7, 11) is -3.38. The smallest absolute Gasteiger partial charge is 0.252 e. The van der Waals surface area contributed by atoms with Crippen molar-refractivity contribution < 1.29 is 8.42 Å². The summed E-state index contributed by atoms with van der Waals surface area (Å²) < 4.78 is 31.9. The number of hydrogen-bond donors (Lipinski definition) is 0. The van der Waals surface area contributed by atoms with Gasteiger partial charge in [-0.3, -0.25) is 9.47 Å². The van der Waals surface area contributed by atoms with Gasteiger partial charge in [0.25, 0.3) is 10.0 Å². The molecule has 4 heterocycles. The molecule has 0 N–H and O–H groups in total. The van der Waals surface area contributed by atoms with Crippen LogP contribution in [0, 0.1) is 4.77 Å². The molecule has 28 heavy (non-hydrogen) atoms. The molecule has 3 aromatic heterocycles. The van der Waals surface area contributed by atoms with Crippen LogP contribution in [0.5, 0.6) is 0 Å². The number of hydrogen-bond acceptors (Lipinski definition) is 7. The van der Waals surface area contributed by atoms with Crippen molar-refractivity contribution in [1.82, 2.24) is 23.6 Å². The lowest BCUT2D eigenvalue weighted by Gasteiger charge is -2.33. The van der Waals surface area contributed by atoms with Crippen LogP contribution in [0.3, 0.4) is 0 Å². The molecule has 1 fully saturated rings. The molecule has 0 bridgehead atoms. The predicted octanol–water partition coefficient (Wildman–Crippen LogP) is 3.19. The van der Waals surface area contributed by atoms with Crippen molar-refractivity contribution in [2.45, 2.75) is 24.3 Å². The van der Waals surface area contributed by atoms with Crippen LogP contribution in [0.2, 0.25) is 0 Å². The Bertz CT molecular complexity index is 1080. The van der Waals surface area contributed by atoms with E-state index < -0.39 is 10.0 Å². The monoisotopic (exact) mass is 455 g/mol. The third-order valence-electron chi connectivity index (χ3n) is 4.74. The van der Waals surface area contributed by atoms with Crippen LogP contribution in [0.1, 0.15) is 6.92 Å². The van der Waals surface area contributed by atoms with Gasteiger partial charge in [0.2, 0.25) is 0 Å². The highest BCUT2D eigenvalue weighted by atomic mass is 32.2. The van der Waals surface area contributed by atoms with Crippen LogP contribution in [-0.4, -0.2) is 58.1 Å². The molecule has 7 nitrogen and oxygen atoms in total. The fourth-order valence-corrected chi connectivity index (χ4v) is 6.84. The number of aromatic nitrogens is 3. The van der Waals surface area contributed by atoms with Gasteiger partial charge in [-0.15, -0.1) is 27.8 Å². The SMILES string of the molecule is CCn1c(-c2cccs2)nn(CN2CCN(S(=O)(=O)c3cccs3)CC2)c1=S.